The van der Waals surface area contributed by atoms with Gasteiger partial charge >= 0.3 is 0 Å². The average Bonchev–Trinajstić information content (AvgIpc) is 3.51. The van der Waals surface area contributed by atoms with E-state index < -0.39 is 0 Å². The van der Waals surface area contributed by atoms with Crippen molar-refractivity contribution in [3.05, 3.63) is 53.1 Å². The zero-order valence-electron chi connectivity index (χ0n) is 18.4. The molecule has 9 nitrogen and oxygen atoms in total. The van der Waals surface area contributed by atoms with Crippen molar-refractivity contribution in [3.63, 3.8) is 0 Å². The van der Waals surface area contributed by atoms with Gasteiger partial charge in [-0.25, -0.2) is 4.98 Å². The largest absolute Gasteiger partial charge is 0.497 e. The van der Waals surface area contributed by atoms with E-state index in [9.17, 15) is 10.1 Å². The second kappa shape index (κ2) is 8.61. The quantitative estimate of drug-likeness (QED) is 0.458. The summed E-state index contributed by atoms with van der Waals surface area (Å²) in [5, 5.41) is 10.2. The SMILES string of the molecule is COc1ccc(N2CCN(C(=O)c3sc4nc(N)c(C#N)c(-c5ccco5)c4c3N)CC2)cc1. The third-order valence-corrected chi connectivity index (χ3v) is 7.07. The first-order chi connectivity index (χ1) is 16.5. The predicted molar refractivity (Wildman–Crippen MR) is 132 cm³/mol. The fourth-order valence-corrected chi connectivity index (χ4v) is 5.29. The Balaban J connectivity index is 1.44. The van der Waals surface area contributed by atoms with Crippen LogP contribution in [-0.4, -0.2) is 49.1 Å². The summed E-state index contributed by atoms with van der Waals surface area (Å²) in [5.41, 5.74) is 14.6. The van der Waals surface area contributed by atoms with Crippen molar-refractivity contribution in [2.75, 3.05) is 49.7 Å². The number of nitrogens with two attached hydrogens (primary N) is 2. The van der Waals surface area contributed by atoms with Gasteiger partial charge in [0.2, 0.25) is 0 Å². The Hall–Kier alpha value is -4.23. The molecular formula is C24H22N6O3S. The molecule has 0 atom stereocenters. The maximum Gasteiger partial charge on any atom is 0.266 e. The van der Waals surface area contributed by atoms with Gasteiger partial charge in [0.1, 0.15) is 38.7 Å². The molecule has 4 aromatic rings. The Labute approximate surface area is 199 Å². The van der Waals surface area contributed by atoms with E-state index in [1.54, 1.807) is 24.1 Å². The molecule has 1 aromatic carbocycles. The minimum Gasteiger partial charge on any atom is -0.497 e. The number of furan rings is 1. The van der Waals surface area contributed by atoms with E-state index in [2.05, 4.69) is 16.0 Å². The van der Waals surface area contributed by atoms with E-state index >= 15 is 0 Å². The molecule has 3 aromatic heterocycles. The number of nitrogens with zero attached hydrogens (tertiary/aromatic N) is 4. The number of benzene rings is 1. The smallest absolute Gasteiger partial charge is 0.266 e. The van der Waals surface area contributed by atoms with Crippen molar-refractivity contribution in [2.45, 2.75) is 0 Å². The Morgan fingerprint density at radius 1 is 1.18 bits per heavy atom. The van der Waals surface area contributed by atoms with Gasteiger partial charge in [0.15, 0.2) is 0 Å². The third-order valence-electron chi connectivity index (χ3n) is 5.98. The molecule has 10 heteroatoms. The first kappa shape index (κ1) is 21.6. The fourth-order valence-electron chi connectivity index (χ4n) is 4.21. The van der Waals surface area contributed by atoms with Crippen LogP contribution in [0.5, 0.6) is 5.75 Å². The molecule has 0 aliphatic carbocycles. The summed E-state index contributed by atoms with van der Waals surface area (Å²) >= 11 is 1.19. The second-order valence-electron chi connectivity index (χ2n) is 7.84. The number of thiophene rings is 1. The van der Waals surface area contributed by atoms with Crippen molar-refractivity contribution in [3.8, 4) is 23.1 Å². The molecule has 4 N–H and O–H groups in total. The number of piperazine rings is 1. The highest BCUT2D eigenvalue weighted by atomic mass is 32.1. The molecule has 1 amide bonds. The summed E-state index contributed by atoms with van der Waals surface area (Å²) in [5.74, 6) is 1.18. The maximum absolute atomic E-state index is 13.4. The number of rotatable bonds is 4. The monoisotopic (exact) mass is 474 g/mol. The van der Waals surface area contributed by atoms with Crippen LogP contribution in [0.15, 0.2) is 47.1 Å². The first-order valence-electron chi connectivity index (χ1n) is 10.7. The van der Waals surface area contributed by atoms with Crippen LogP contribution in [-0.2, 0) is 0 Å². The number of fused-ring (bicyclic) bond motifs is 1. The lowest BCUT2D eigenvalue weighted by atomic mass is 10.0. The molecule has 0 saturated carbocycles. The lowest BCUT2D eigenvalue weighted by Gasteiger charge is -2.36. The van der Waals surface area contributed by atoms with Gasteiger partial charge in [0, 0.05) is 37.3 Å². The number of nitrogen functional groups attached to an aromatic ring is 2. The zero-order valence-corrected chi connectivity index (χ0v) is 19.3. The Bertz CT molecular complexity index is 1400. The van der Waals surface area contributed by atoms with Crippen molar-refractivity contribution >= 4 is 44.7 Å². The van der Waals surface area contributed by atoms with Gasteiger partial charge in [0.05, 0.1) is 24.6 Å². The van der Waals surface area contributed by atoms with Crippen molar-refractivity contribution in [2.24, 2.45) is 0 Å². The standard InChI is InChI=1S/C24H22N6O3S/c1-32-15-6-4-14(5-7-15)29-8-10-30(11-9-29)24(31)21-20(26)19-18(17-3-2-12-33-17)16(13-25)22(27)28-23(19)34-21/h2-7,12H,8-11,26H2,1H3,(H2,27,28). The Morgan fingerprint density at radius 3 is 2.53 bits per heavy atom. The summed E-state index contributed by atoms with van der Waals surface area (Å²) in [7, 11) is 1.64. The van der Waals surface area contributed by atoms with Crippen LogP contribution in [0.1, 0.15) is 15.2 Å². The molecule has 34 heavy (non-hydrogen) atoms. The van der Waals surface area contributed by atoms with Crippen molar-refractivity contribution in [1.29, 1.82) is 5.26 Å². The number of ether oxygens (including phenoxy) is 1. The van der Waals surface area contributed by atoms with Gasteiger partial charge in [-0.2, -0.15) is 5.26 Å². The van der Waals surface area contributed by atoms with Crippen LogP contribution >= 0.6 is 11.3 Å². The number of hydrogen-bond donors (Lipinski definition) is 2. The molecule has 0 spiro atoms. The van der Waals surface area contributed by atoms with Gasteiger partial charge in [-0.05, 0) is 36.4 Å². The van der Waals surface area contributed by atoms with Gasteiger partial charge in [-0.1, -0.05) is 0 Å². The minimum atomic E-state index is -0.155. The molecule has 1 fully saturated rings. The fraction of sp³-hybridized carbons (Fsp3) is 0.208. The van der Waals surface area contributed by atoms with E-state index in [4.69, 9.17) is 20.6 Å². The summed E-state index contributed by atoms with van der Waals surface area (Å²) in [6.07, 6.45) is 1.51. The molecular weight excluding hydrogens is 452 g/mol. The normalized spacial score (nSPS) is 13.8. The van der Waals surface area contributed by atoms with E-state index in [0.29, 0.717) is 52.6 Å². The molecule has 1 saturated heterocycles. The van der Waals surface area contributed by atoms with Gasteiger partial charge < -0.3 is 30.4 Å². The molecule has 0 unspecified atom stereocenters. The number of anilines is 3. The summed E-state index contributed by atoms with van der Waals surface area (Å²) < 4.78 is 10.8. The number of carbonyl (C=O) groups excluding carboxylic acids is 1. The Morgan fingerprint density at radius 2 is 1.91 bits per heavy atom. The molecule has 1 aliphatic heterocycles. The highest BCUT2D eigenvalue weighted by molar-refractivity contribution is 7.21. The molecule has 4 heterocycles. The summed E-state index contributed by atoms with van der Waals surface area (Å²) in [4.78, 5) is 22.7. The number of hydrogen-bond acceptors (Lipinski definition) is 9. The predicted octanol–water partition coefficient (Wildman–Crippen LogP) is 3.56. The van der Waals surface area contributed by atoms with E-state index in [-0.39, 0.29) is 23.0 Å². The summed E-state index contributed by atoms with van der Waals surface area (Å²) in [6.45, 7) is 2.51. The zero-order chi connectivity index (χ0) is 23.8. The van der Waals surface area contributed by atoms with Crippen molar-refractivity contribution in [1.82, 2.24) is 9.88 Å². The maximum atomic E-state index is 13.4. The number of pyridine rings is 1. The van der Waals surface area contributed by atoms with Gasteiger partial charge in [-0.15, -0.1) is 11.3 Å². The van der Waals surface area contributed by atoms with Crippen LogP contribution in [0, 0.1) is 11.3 Å². The van der Waals surface area contributed by atoms with E-state index in [1.807, 2.05) is 24.3 Å². The topological polar surface area (TPSA) is 135 Å². The lowest BCUT2D eigenvalue weighted by Crippen LogP contribution is -2.48. The second-order valence-corrected chi connectivity index (χ2v) is 8.84. The van der Waals surface area contributed by atoms with E-state index in [1.165, 1.54) is 17.6 Å². The number of nitriles is 1. The summed E-state index contributed by atoms with van der Waals surface area (Å²) in [6, 6.07) is 13.4. The molecule has 1 aliphatic rings. The number of carbonyl (C=O) groups is 1. The number of amides is 1. The van der Waals surface area contributed by atoms with Crippen LogP contribution < -0.4 is 21.1 Å². The van der Waals surface area contributed by atoms with Crippen molar-refractivity contribution < 1.29 is 13.9 Å². The number of methoxy groups -OCH3 is 1. The number of aromatic nitrogens is 1. The first-order valence-corrected chi connectivity index (χ1v) is 11.5. The molecule has 5 rings (SSSR count). The van der Waals surface area contributed by atoms with Crippen LogP contribution in [0.2, 0.25) is 0 Å². The third kappa shape index (κ3) is 3.56. The Kier molecular flexibility index (Phi) is 5.47. The van der Waals surface area contributed by atoms with E-state index in [0.717, 1.165) is 11.4 Å². The highest BCUT2D eigenvalue weighted by Crippen LogP contribution is 2.43. The van der Waals surface area contributed by atoms with Crippen LogP contribution in [0.3, 0.4) is 0 Å². The highest BCUT2D eigenvalue weighted by Gasteiger charge is 2.29. The van der Waals surface area contributed by atoms with Gasteiger partial charge in [-0.3, -0.25) is 4.79 Å². The average molecular weight is 475 g/mol. The lowest BCUT2D eigenvalue weighted by molar-refractivity contribution is 0.0752. The molecule has 0 radical (unpaired) electrons. The van der Waals surface area contributed by atoms with Gasteiger partial charge in [0.25, 0.3) is 5.91 Å². The van der Waals surface area contributed by atoms with Crippen LogP contribution in [0.25, 0.3) is 21.5 Å². The molecule has 172 valence electrons. The molecule has 0 bridgehead atoms. The van der Waals surface area contributed by atoms with Crippen LogP contribution in [0.4, 0.5) is 17.2 Å². The minimum absolute atomic E-state index is 0.0785.